The highest BCUT2D eigenvalue weighted by Crippen LogP contribution is 2.37. The number of anilines is 1. The number of rotatable bonds is 6. The lowest BCUT2D eigenvalue weighted by atomic mass is 9.97. The lowest BCUT2D eigenvalue weighted by molar-refractivity contribution is 0.415. The zero-order valence-corrected chi connectivity index (χ0v) is 18.7. The monoisotopic (exact) mass is 455 g/mol. The maximum absolute atomic E-state index is 9.93. The van der Waals surface area contributed by atoms with Crippen LogP contribution in [0.4, 0.5) is 5.82 Å². The molecule has 0 aliphatic carbocycles. The van der Waals surface area contributed by atoms with Crippen molar-refractivity contribution in [3.8, 4) is 40.3 Å². The van der Waals surface area contributed by atoms with Crippen molar-refractivity contribution < 1.29 is 4.74 Å². The van der Waals surface area contributed by atoms with E-state index in [2.05, 4.69) is 17.1 Å². The second kappa shape index (κ2) is 9.52. The Morgan fingerprint density at radius 3 is 2.34 bits per heavy atom. The van der Waals surface area contributed by atoms with Crippen LogP contribution in [-0.2, 0) is 5.75 Å². The first-order chi connectivity index (χ1) is 15.6. The third-order valence-corrected chi connectivity index (χ3v) is 6.77. The van der Waals surface area contributed by atoms with Crippen LogP contribution in [0, 0.1) is 22.7 Å². The van der Waals surface area contributed by atoms with Gasteiger partial charge in [0, 0.05) is 16.5 Å². The van der Waals surface area contributed by atoms with Gasteiger partial charge in [0.1, 0.15) is 39.3 Å². The molecule has 0 saturated carbocycles. The van der Waals surface area contributed by atoms with Gasteiger partial charge in [-0.3, -0.25) is 0 Å². The molecule has 2 aromatic heterocycles. The smallest absolute Gasteiger partial charge is 0.143 e. The summed E-state index contributed by atoms with van der Waals surface area (Å²) < 4.78 is 5.21. The Morgan fingerprint density at radius 1 is 0.969 bits per heavy atom. The SMILES string of the molecule is COc1ccc(-c2c(C#N)c(N)nc(SCc3nc(-c4ccccc4)cs3)c2C#N)cc1. The van der Waals surface area contributed by atoms with Gasteiger partial charge in [-0.2, -0.15) is 10.5 Å². The fourth-order valence-electron chi connectivity index (χ4n) is 3.20. The molecule has 0 amide bonds. The predicted octanol–water partition coefficient (Wildman–Crippen LogP) is 5.50. The van der Waals surface area contributed by atoms with Gasteiger partial charge in [-0.1, -0.05) is 54.2 Å². The summed E-state index contributed by atoms with van der Waals surface area (Å²) in [6.45, 7) is 0. The van der Waals surface area contributed by atoms with E-state index >= 15 is 0 Å². The van der Waals surface area contributed by atoms with Crippen molar-refractivity contribution in [2.24, 2.45) is 0 Å². The molecule has 4 aromatic rings. The van der Waals surface area contributed by atoms with Crippen molar-refractivity contribution in [2.45, 2.75) is 10.8 Å². The number of hydrogen-bond acceptors (Lipinski definition) is 8. The molecule has 0 aliphatic heterocycles. The first kappa shape index (κ1) is 21.4. The summed E-state index contributed by atoms with van der Waals surface area (Å²) in [7, 11) is 1.58. The number of benzene rings is 2. The number of nitrogens with two attached hydrogens (primary N) is 1. The van der Waals surface area contributed by atoms with Crippen molar-refractivity contribution in [1.29, 1.82) is 10.5 Å². The van der Waals surface area contributed by atoms with Crippen LogP contribution in [-0.4, -0.2) is 17.1 Å². The molecule has 8 heteroatoms. The molecule has 6 nitrogen and oxygen atoms in total. The second-order valence-corrected chi connectivity index (χ2v) is 8.57. The molecule has 0 atom stereocenters. The normalized spacial score (nSPS) is 10.3. The minimum Gasteiger partial charge on any atom is -0.497 e. The van der Waals surface area contributed by atoms with Gasteiger partial charge in [0.05, 0.1) is 24.1 Å². The van der Waals surface area contributed by atoms with Crippen molar-refractivity contribution in [1.82, 2.24) is 9.97 Å². The van der Waals surface area contributed by atoms with Crippen LogP contribution in [0.25, 0.3) is 22.4 Å². The van der Waals surface area contributed by atoms with Crippen LogP contribution >= 0.6 is 23.1 Å². The molecule has 2 heterocycles. The van der Waals surface area contributed by atoms with Crippen molar-refractivity contribution in [2.75, 3.05) is 12.8 Å². The Bertz CT molecular complexity index is 1340. The first-order valence-corrected chi connectivity index (χ1v) is 11.4. The number of hydrogen-bond donors (Lipinski definition) is 1. The van der Waals surface area contributed by atoms with E-state index in [4.69, 9.17) is 15.5 Å². The average Bonchev–Trinajstić information content (AvgIpc) is 3.32. The molecule has 0 fully saturated rings. The molecule has 156 valence electrons. The highest BCUT2D eigenvalue weighted by Gasteiger charge is 2.21. The fourth-order valence-corrected chi connectivity index (χ4v) is 5.01. The fraction of sp³-hybridized carbons (Fsp3) is 0.0833. The van der Waals surface area contributed by atoms with E-state index in [1.54, 1.807) is 42.7 Å². The largest absolute Gasteiger partial charge is 0.497 e. The molecule has 4 rings (SSSR count). The molecule has 0 saturated heterocycles. The summed E-state index contributed by atoms with van der Waals surface area (Å²) in [5, 5.41) is 23.0. The van der Waals surface area contributed by atoms with Crippen LogP contribution in [0.1, 0.15) is 16.1 Å². The van der Waals surface area contributed by atoms with Crippen LogP contribution in [0.3, 0.4) is 0 Å². The topological polar surface area (TPSA) is 109 Å². The lowest BCUT2D eigenvalue weighted by Crippen LogP contribution is -2.03. The third kappa shape index (κ3) is 4.28. The van der Waals surface area contributed by atoms with Gasteiger partial charge in [0.25, 0.3) is 0 Å². The van der Waals surface area contributed by atoms with E-state index in [0.29, 0.717) is 33.2 Å². The maximum atomic E-state index is 9.93. The van der Waals surface area contributed by atoms with Crippen molar-refractivity contribution in [3.05, 3.63) is 76.1 Å². The van der Waals surface area contributed by atoms with Crippen LogP contribution < -0.4 is 10.5 Å². The van der Waals surface area contributed by atoms with E-state index in [0.717, 1.165) is 16.3 Å². The number of nitrogen functional groups attached to an aromatic ring is 1. The minimum atomic E-state index is 0.101. The predicted molar refractivity (Wildman–Crippen MR) is 127 cm³/mol. The van der Waals surface area contributed by atoms with Gasteiger partial charge in [-0.05, 0) is 17.7 Å². The van der Waals surface area contributed by atoms with Gasteiger partial charge in [-0.25, -0.2) is 9.97 Å². The molecule has 0 unspecified atom stereocenters. The Morgan fingerprint density at radius 2 is 1.69 bits per heavy atom. The Balaban J connectivity index is 1.68. The summed E-state index contributed by atoms with van der Waals surface area (Å²) >= 11 is 2.94. The zero-order chi connectivity index (χ0) is 22.5. The Labute approximate surface area is 194 Å². The number of aromatic nitrogens is 2. The molecule has 0 spiro atoms. The summed E-state index contributed by atoms with van der Waals surface area (Å²) in [6, 6.07) is 21.4. The standard InChI is InChI=1S/C24H17N5OS2/c1-30-17-9-7-16(8-10-17)22-18(11-25)23(27)29-24(19(22)12-26)32-14-21-28-20(13-31-21)15-5-3-2-4-6-15/h2-10,13H,14H2,1H3,(H2,27,29). The van der Waals surface area contributed by atoms with E-state index in [-0.39, 0.29) is 11.4 Å². The van der Waals surface area contributed by atoms with E-state index in [1.807, 2.05) is 35.7 Å². The highest BCUT2D eigenvalue weighted by atomic mass is 32.2. The minimum absolute atomic E-state index is 0.101. The molecule has 0 bridgehead atoms. The lowest BCUT2D eigenvalue weighted by Gasteiger charge is -2.13. The summed E-state index contributed by atoms with van der Waals surface area (Å²) in [4.78, 5) is 9.06. The van der Waals surface area contributed by atoms with Gasteiger partial charge >= 0.3 is 0 Å². The molecular weight excluding hydrogens is 438 g/mol. The quantitative estimate of drug-likeness (QED) is 0.382. The van der Waals surface area contributed by atoms with E-state index < -0.39 is 0 Å². The van der Waals surface area contributed by atoms with Gasteiger partial charge in [0.15, 0.2) is 0 Å². The summed E-state index contributed by atoms with van der Waals surface area (Å²) in [5.41, 5.74) is 9.78. The molecular formula is C24H17N5OS2. The van der Waals surface area contributed by atoms with Crippen molar-refractivity contribution in [3.63, 3.8) is 0 Å². The molecule has 2 N–H and O–H groups in total. The summed E-state index contributed by atoms with van der Waals surface area (Å²) in [5.74, 6) is 1.32. The van der Waals surface area contributed by atoms with E-state index in [1.165, 1.54) is 11.8 Å². The van der Waals surface area contributed by atoms with Gasteiger partial charge in [-0.15, -0.1) is 11.3 Å². The number of thiazole rings is 1. The summed E-state index contributed by atoms with van der Waals surface area (Å²) in [6.07, 6.45) is 0. The first-order valence-electron chi connectivity index (χ1n) is 9.55. The van der Waals surface area contributed by atoms with Crippen LogP contribution in [0.5, 0.6) is 5.75 Å². The number of ether oxygens (including phenoxy) is 1. The molecule has 0 radical (unpaired) electrons. The average molecular weight is 456 g/mol. The van der Waals surface area contributed by atoms with Crippen LogP contribution in [0.2, 0.25) is 0 Å². The van der Waals surface area contributed by atoms with E-state index in [9.17, 15) is 10.5 Å². The number of pyridine rings is 1. The molecule has 32 heavy (non-hydrogen) atoms. The van der Waals surface area contributed by atoms with Gasteiger partial charge < -0.3 is 10.5 Å². The number of thioether (sulfide) groups is 1. The second-order valence-electron chi connectivity index (χ2n) is 6.66. The third-order valence-electron chi connectivity index (χ3n) is 4.75. The Hall–Kier alpha value is -3.85. The molecule has 2 aromatic carbocycles. The maximum Gasteiger partial charge on any atom is 0.143 e. The number of methoxy groups -OCH3 is 1. The van der Waals surface area contributed by atoms with Crippen LogP contribution in [0.15, 0.2) is 65.0 Å². The zero-order valence-electron chi connectivity index (χ0n) is 17.1. The number of nitrogens with zero attached hydrogens (tertiary/aromatic N) is 4. The number of nitriles is 2. The Kier molecular flexibility index (Phi) is 6.37. The highest BCUT2D eigenvalue weighted by molar-refractivity contribution is 7.98. The van der Waals surface area contributed by atoms with Gasteiger partial charge in [0.2, 0.25) is 0 Å². The molecule has 0 aliphatic rings. The van der Waals surface area contributed by atoms with Crippen molar-refractivity contribution >= 4 is 28.9 Å².